The fraction of sp³-hybridized carbons (Fsp3) is 0.706. The van der Waals surface area contributed by atoms with E-state index in [1.54, 1.807) is 0 Å². The van der Waals surface area contributed by atoms with Gasteiger partial charge in [0, 0.05) is 12.8 Å². The molecule has 0 aliphatic heterocycles. The van der Waals surface area contributed by atoms with Gasteiger partial charge in [0.15, 0.2) is 6.10 Å². The van der Waals surface area contributed by atoms with Crippen molar-refractivity contribution in [3.8, 4) is 0 Å². The first-order chi connectivity index (χ1) is 38.0. The van der Waals surface area contributed by atoms with Crippen molar-refractivity contribution in [2.45, 2.75) is 264 Å². The molecule has 0 aromatic rings. The predicted molar refractivity (Wildman–Crippen MR) is 335 cm³/mol. The number of nitrogens with zero attached hydrogens (tertiary/aromatic N) is 1. The molecule has 0 aromatic heterocycles. The second-order valence-electron chi connectivity index (χ2n) is 22.1. The Morgan fingerprint density at radius 2 is 0.731 bits per heavy atom. The van der Waals surface area contributed by atoms with Crippen LogP contribution in [0.4, 0.5) is 0 Å². The summed E-state index contributed by atoms with van der Waals surface area (Å²) in [6, 6.07) is 0. The standard InChI is InChI=1S/C68H118NO8P/c1-6-8-10-12-14-16-18-20-22-23-24-25-26-27-28-29-30-31-32-33-34-35-36-37-38-39-40-41-42-43-44-45-47-49-51-53-55-57-59-61-68(71)77-66(65-76-78(72,73)75-63-62-69(3,4)5)64-74-67(70)60-58-56-54-52-50-48-46-21-19-17-15-13-11-9-7-2/h8,10,14-17,20-22,24-25,27-28,30-31,33-34,46,66H,6-7,9,11-13,18-19,23,26,29,32,35-45,47-65H2,1-5H3/p+1/b10-8-,16-14-,17-15-,22-20-,25-24-,28-27-,31-30-,34-33-,46-21-. The first kappa shape index (κ1) is 74.7. The van der Waals surface area contributed by atoms with E-state index >= 15 is 0 Å². The average molecular weight is 1110 g/mol. The largest absolute Gasteiger partial charge is 0.472 e. The fourth-order valence-corrected chi connectivity index (χ4v) is 9.18. The van der Waals surface area contributed by atoms with Gasteiger partial charge in [0.05, 0.1) is 27.7 Å². The molecule has 0 fully saturated rings. The summed E-state index contributed by atoms with van der Waals surface area (Å²) < 4.78 is 34.6. The van der Waals surface area contributed by atoms with Crippen LogP contribution >= 0.6 is 7.82 Å². The van der Waals surface area contributed by atoms with Gasteiger partial charge in [-0.25, -0.2) is 4.57 Å². The van der Waals surface area contributed by atoms with Gasteiger partial charge < -0.3 is 18.9 Å². The van der Waals surface area contributed by atoms with Gasteiger partial charge in [0.2, 0.25) is 0 Å². The molecule has 448 valence electrons. The number of phosphoric acid groups is 1. The van der Waals surface area contributed by atoms with Crippen LogP contribution in [-0.2, 0) is 32.7 Å². The molecule has 0 aromatic carbocycles. The van der Waals surface area contributed by atoms with Crippen LogP contribution in [0.2, 0.25) is 0 Å². The minimum Gasteiger partial charge on any atom is -0.462 e. The van der Waals surface area contributed by atoms with Crippen molar-refractivity contribution in [3.63, 3.8) is 0 Å². The highest BCUT2D eigenvalue weighted by molar-refractivity contribution is 7.47. The van der Waals surface area contributed by atoms with Gasteiger partial charge in [-0.1, -0.05) is 252 Å². The Labute approximate surface area is 480 Å². The number of ether oxygens (including phenoxy) is 2. The van der Waals surface area contributed by atoms with Gasteiger partial charge >= 0.3 is 19.8 Å². The summed E-state index contributed by atoms with van der Waals surface area (Å²) in [6.45, 7) is 4.28. The molecule has 2 unspecified atom stereocenters. The maximum absolute atomic E-state index is 12.8. The fourth-order valence-electron chi connectivity index (χ4n) is 8.44. The molecule has 1 N–H and O–H groups in total. The number of hydrogen-bond acceptors (Lipinski definition) is 7. The summed E-state index contributed by atoms with van der Waals surface area (Å²) in [5.74, 6) is -0.812. The molecule has 0 heterocycles. The minimum atomic E-state index is -4.39. The van der Waals surface area contributed by atoms with Gasteiger partial charge in [-0.15, -0.1) is 0 Å². The Morgan fingerprint density at radius 1 is 0.410 bits per heavy atom. The lowest BCUT2D eigenvalue weighted by Crippen LogP contribution is -2.37. The number of rotatable bonds is 57. The second kappa shape index (κ2) is 58.3. The van der Waals surface area contributed by atoms with Gasteiger partial charge in [-0.2, -0.15) is 0 Å². The van der Waals surface area contributed by atoms with Gasteiger partial charge in [-0.05, 0) is 103 Å². The molecule has 0 radical (unpaired) electrons. The summed E-state index contributed by atoms with van der Waals surface area (Å²) in [4.78, 5) is 35.7. The SMILES string of the molecule is CC/C=C\C/C=C\C/C=C\C/C=C\C/C=C\C/C=C\C/C=C\CCCCCCCCCCCCCCCCCCCC(=O)OC(COC(=O)CCCCCCC/C=C\C/C=C\CCCCC)COP(=O)(O)OCC[N+](C)(C)C. The highest BCUT2D eigenvalue weighted by Crippen LogP contribution is 2.43. The van der Waals surface area contributed by atoms with Crippen molar-refractivity contribution < 1.29 is 42.1 Å². The average Bonchev–Trinajstić information content (AvgIpc) is 3.41. The van der Waals surface area contributed by atoms with Gasteiger partial charge in [0.1, 0.15) is 19.8 Å². The van der Waals surface area contributed by atoms with E-state index in [0.717, 1.165) is 109 Å². The number of allylic oxidation sites excluding steroid dienone is 18. The van der Waals surface area contributed by atoms with E-state index in [1.165, 1.54) is 116 Å². The number of carbonyl (C=O) groups is 2. The van der Waals surface area contributed by atoms with Crippen LogP contribution in [0.5, 0.6) is 0 Å². The number of esters is 2. The third-order valence-corrected chi connectivity index (χ3v) is 14.3. The van der Waals surface area contributed by atoms with E-state index in [2.05, 4.69) is 123 Å². The van der Waals surface area contributed by atoms with E-state index in [0.29, 0.717) is 17.4 Å². The van der Waals surface area contributed by atoms with Crippen LogP contribution < -0.4 is 0 Å². The summed E-state index contributed by atoms with van der Waals surface area (Å²) >= 11 is 0. The summed E-state index contributed by atoms with van der Waals surface area (Å²) in [5, 5.41) is 0. The molecule has 0 amide bonds. The molecule has 9 nitrogen and oxygen atoms in total. The number of phosphoric ester groups is 1. The monoisotopic (exact) mass is 1110 g/mol. The zero-order chi connectivity index (χ0) is 57.0. The third-order valence-electron chi connectivity index (χ3n) is 13.3. The highest BCUT2D eigenvalue weighted by atomic mass is 31.2. The Balaban J connectivity index is 4.00. The number of unbranched alkanes of at least 4 members (excludes halogenated alkanes) is 25. The van der Waals surface area contributed by atoms with Gasteiger partial charge in [0.25, 0.3) is 0 Å². The zero-order valence-corrected chi connectivity index (χ0v) is 51.8. The smallest absolute Gasteiger partial charge is 0.462 e. The molecule has 0 aliphatic rings. The molecule has 0 spiro atoms. The third kappa shape index (κ3) is 61.9. The molecular weight excluding hydrogens is 990 g/mol. The second-order valence-corrected chi connectivity index (χ2v) is 23.5. The molecule has 0 saturated carbocycles. The molecular formula is C68H119NO8P+. The van der Waals surface area contributed by atoms with Crippen LogP contribution in [0.3, 0.4) is 0 Å². The van der Waals surface area contributed by atoms with E-state index < -0.39 is 26.5 Å². The molecule has 0 saturated heterocycles. The van der Waals surface area contributed by atoms with Crippen LogP contribution in [-0.4, -0.2) is 74.9 Å². The van der Waals surface area contributed by atoms with E-state index in [1.807, 2.05) is 21.1 Å². The lowest BCUT2D eigenvalue weighted by Gasteiger charge is -2.24. The molecule has 10 heteroatoms. The van der Waals surface area contributed by atoms with Crippen molar-refractivity contribution in [2.24, 2.45) is 0 Å². The number of likely N-dealkylation sites (N-methyl/N-ethyl adjacent to an activating group) is 1. The summed E-state index contributed by atoms with van der Waals surface area (Å²) in [7, 11) is 1.47. The molecule has 2 atom stereocenters. The van der Waals surface area contributed by atoms with Crippen LogP contribution in [0.15, 0.2) is 109 Å². The predicted octanol–water partition coefficient (Wildman–Crippen LogP) is 20.2. The molecule has 0 aliphatic carbocycles. The maximum Gasteiger partial charge on any atom is 0.472 e. The molecule has 78 heavy (non-hydrogen) atoms. The van der Waals surface area contributed by atoms with Crippen molar-refractivity contribution in [1.82, 2.24) is 0 Å². The number of hydrogen-bond donors (Lipinski definition) is 1. The lowest BCUT2D eigenvalue weighted by atomic mass is 10.0. The maximum atomic E-state index is 12.8. The number of carbonyl (C=O) groups excluding carboxylic acids is 2. The van der Waals surface area contributed by atoms with Crippen molar-refractivity contribution >= 4 is 19.8 Å². The first-order valence-corrected chi connectivity index (χ1v) is 33.1. The van der Waals surface area contributed by atoms with Crippen molar-refractivity contribution in [2.75, 3.05) is 47.5 Å². The normalized spacial score (nSPS) is 14.0. The van der Waals surface area contributed by atoms with Gasteiger partial charge in [-0.3, -0.25) is 18.6 Å². The summed E-state index contributed by atoms with van der Waals surface area (Å²) in [5.41, 5.74) is 0. The Hall–Kier alpha value is -3.33. The van der Waals surface area contributed by atoms with Crippen molar-refractivity contribution in [1.29, 1.82) is 0 Å². The van der Waals surface area contributed by atoms with Crippen LogP contribution in [0.1, 0.15) is 258 Å². The number of quaternary nitrogens is 1. The van der Waals surface area contributed by atoms with E-state index in [-0.39, 0.29) is 32.0 Å². The van der Waals surface area contributed by atoms with Crippen LogP contribution in [0.25, 0.3) is 0 Å². The zero-order valence-electron chi connectivity index (χ0n) is 50.9. The Kier molecular flexibility index (Phi) is 55.8. The van der Waals surface area contributed by atoms with E-state index in [9.17, 15) is 19.0 Å². The Bertz CT molecular complexity index is 1680. The Morgan fingerprint density at radius 3 is 1.09 bits per heavy atom. The quantitative estimate of drug-likeness (QED) is 0.0211. The molecule has 0 bridgehead atoms. The van der Waals surface area contributed by atoms with Crippen LogP contribution in [0, 0.1) is 0 Å². The van der Waals surface area contributed by atoms with E-state index in [4.69, 9.17) is 18.5 Å². The van der Waals surface area contributed by atoms with Crippen molar-refractivity contribution in [3.05, 3.63) is 109 Å². The first-order valence-electron chi connectivity index (χ1n) is 31.6. The summed E-state index contributed by atoms with van der Waals surface area (Å²) in [6.07, 6.45) is 81.8. The lowest BCUT2D eigenvalue weighted by molar-refractivity contribution is -0.870. The highest BCUT2D eigenvalue weighted by Gasteiger charge is 2.27. The topological polar surface area (TPSA) is 108 Å². The molecule has 0 rings (SSSR count). The minimum absolute atomic E-state index is 0.0264.